The highest BCUT2D eigenvalue weighted by atomic mass is 15.2. The van der Waals surface area contributed by atoms with E-state index in [2.05, 4.69) is 37.9 Å². The molecule has 1 atom stereocenters. The van der Waals surface area contributed by atoms with E-state index in [1.807, 2.05) is 0 Å². The van der Waals surface area contributed by atoms with Gasteiger partial charge in [0.05, 0.1) is 0 Å². The average Bonchev–Trinajstić information content (AvgIpc) is 2.72. The van der Waals surface area contributed by atoms with Crippen molar-refractivity contribution in [3.8, 4) is 0 Å². The fraction of sp³-hybridized carbons (Fsp3) is 1.00. The topological polar surface area (TPSA) is 15.3 Å². The number of hydrogen-bond donors (Lipinski definition) is 1. The van der Waals surface area contributed by atoms with Crippen LogP contribution in [0.5, 0.6) is 0 Å². The summed E-state index contributed by atoms with van der Waals surface area (Å²) in [5.41, 5.74) is 0.661. The maximum atomic E-state index is 3.74. The molecule has 0 amide bonds. The molecule has 1 spiro atoms. The van der Waals surface area contributed by atoms with Gasteiger partial charge in [-0.1, -0.05) is 13.8 Å². The summed E-state index contributed by atoms with van der Waals surface area (Å²) in [4.78, 5) is 2.63. The molecule has 2 aliphatic rings. The first-order valence-corrected chi connectivity index (χ1v) is 6.03. The lowest BCUT2D eigenvalue weighted by atomic mass is 10.0. The zero-order chi connectivity index (χ0) is 10.3. The highest BCUT2D eigenvalue weighted by molar-refractivity contribution is 5.10. The zero-order valence-corrected chi connectivity index (χ0v) is 10.0. The lowest BCUT2D eigenvalue weighted by Gasteiger charge is -2.22. The van der Waals surface area contributed by atoms with Gasteiger partial charge in [-0.2, -0.15) is 0 Å². The van der Waals surface area contributed by atoms with E-state index in [4.69, 9.17) is 0 Å². The van der Waals surface area contributed by atoms with Crippen LogP contribution in [-0.4, -0.2) is 36.1 Å². The zero-order valence-electron chi connectivity index (χ0n) is 10.0. The molecule has 2 fully saturated rings. The Labute approximate surface area is 88.1 Å². The number of nitrogens with one attached hydrogen (secondary N) is 1. The van der Waals surface area contributed by atoms with Gasteiger partial charge in [0.1, 0.15) is 0 Å². The normalized spacial score (nSPS) is 30.9. The predicted octanol–water partition coefficient (Wildman–Crippen LogP) is 1.86. The van der Waals surface area contributed by atoms with Crippen molar-refractivity contribution in [3.05, 3.63) is 0 Å². The third-order valence-electron chi connectivity index (χ3n) is 3.83. The van der Waals surface area contributed by atoms with Crippen molar-refractivity contribution in [3.63, 3.8) is 0 Å². The fourth-order valence-electron chi connectivity index (χ4n) is 2.70. The van der Waals surface area contributed by atoms with Gasteiger partial charge in [-0.3, -0.25) is 4.90 Å². The van der Waals surface area contributed by atoms with Crippen LogP contribution in [0.4, 0.5) is 0 Å². The standard InChI is InChI=1S/C12H24N2/c1-9(2)13-11-7-14(10(3)4)8-12(11)5-6-12/h9-11,13H,5-8H2,1-4H3/t11-/m0/s1. The minimum atomic E-state index is 0.629. The minimum Gasteiger partial charge on any atom is -0.310 e. The molecule has 0 aromatic rings. The molecule has 2 heteroatoms. The molecular weight excluding hydrogens is 172 g/mol. The molecular formula is C12H24N2. The van der Waals surface area contributed by atoms with E-state index >= 15 is 0 Å². The van der Waals surface area contributed by atoms with Crippen LogP contribution in [0.25, 0.3) is 0 Å². The van der Waals surface area contributed by atoms with Crippen LogP contribution in [0.3, 0.4) is 0 Å². The molecule has 1 saturated heterocycles. The van der Waals surface area contributed by atoms with E-state index in [0.29, 0.717) is 17.5 Å². The molecule has 2 rings (SSSR count). The van der Waals surface area contributed by atoms with E-state index in [1.54, 1.807) is 0 Å². The molecule has 0 bridgehead atoms. The van der Waals surface area contributed by atoms with Crippen molar-refractivity contribution >= 4 is 0 Å². The Balaban J connectivity index is 1.97. The maximum absolute atomic E-state index is 3.74. The van der Waals surface area contributed by atoms with E-state index in [0.717, 1.165) is 6.04 Å². The number of likely N-dealkylation sites (tertiary alicyclic amines) is 1. The number of nitrogens with zero attached hydrogens (tertiary/aromatic N) is 1. The van der Waals surface area contributed by atoms with Crippen molar-refractivity contribution < 1.29 is 0 Å². The third-order valence-corrected chi connectivity index (χ3v) is 3.83. The van der Waals surface area contributed by atoms with Gasteiger partial charge in [0.25, 0.3) is 0 Å². The molecule has 82 valence electrons. The monoisotopic (exact) mass is 196 g/mol. The van der Waals surface area contributed by atoms with E-state index in [9.17, 15) is 0 Å². The molecule has 1 saturated carbocycles. The largest absolute Gasteiger partial charge is 0.310 e. The van der Waals surface area contributed by atoms with Gasteiger partial charge in [-0.05, 0) is 32.1 Å². The molecule has 0 radical (unpaired) electrons. The van der Waals surface area contributed by atoms with Gasteiger partial charge in [0.2, 0.25) is 0 Å². The molecule has 0 aromatic heterocycles. The van der Waals surface area contributed by atoms with E-state index < -0.39 is 0 Å². The van der Waals surface area contributed by atoms with Crippen molar-refractivity contribution in [2.75, 3.05) is 13.1 Å². The molecule has 0 unspecified atom stereocenters. The van der Waals surface area contributed by atoms with Crippen LogP contribution in [0.15, 0.2) is 0 Å². The quantitative estimate of drug-likeness (QED) is 0.741. The van der Waals surface area contributed by atoms with Gasteiger partial charge in [-0.15, -0.1) is 0 Å². The average molecular weight is 196 g/mol. The van der Waals surface area contributed by atoms with Gasteiger partial charge in [-0.25, -0.2) is 0 Å². The second-order valence-corrected chi connectivity index (χ2v) is 5.76. The van der Waals surface area contributed by atoms with Crippen LogP contribution in [0, 0.1) is 5.41 Å². The Hall–Kier alpha value is -0.0800. The van der Waals surface area contributed by atoms with Crippen LogP contribution in [-0.2, 0) is 0 Å². The molecule has 14 heavy (non-hydrogen) atoms. The highest BCUT2D eigenvalue weighted by Crippen LogP contribution is 2.53. The second-order valence-electron chi connectivity index (χ2n) is 5.76. The van der Waals surface area contributed by atoms with Crippen molar-refractivity contribution in [1.29, 1.82) is 0 Å². The van der Waals surface area contributed by atoms with E-state index in [-0.39, 0.29) is 0 Å². The Morgan fingerprint density at radius 2 is 1.86 bits per heavy atom. The van der Waals surface area contributed by atoms with Gasteiger partial charge in [0, 0.05) is 31.2 Å². The summed E-state index contributed by atoms with van der Waals surface area (Å²) in [6.07, 6.45) is 2.89. The summed E-state index contributed by atoms with van der Waals surface area (Å²) >= 11 is 0. The summed E-state index contributed by atoms with van der Waals surface area (Å²) < 4.78 is 0. The predicted molar refractivity (Wildman–Crippen MR) is 60.4 cm³/mol. The molecule has 2 nitrogen and oxygen atoms in total. The second kappa shape index (κ2) is 3.49. The first kappa shape index (κ1) is 10.4. The van der Waals surface area contributed by atoms with Gasteiger partial charge in [0.15, 0.2) is 0 Å². The number of rotatable bonds is 3. The van der Waals surface area contributed by atoms with Crippen LogP contribution in [0.2, 0.25) is 0 Å². The van der Waals surface area contributed by atoms with Crippen molar-refractivity contribution in [1.82, 2.24) is 10.2 Å². The summed E-state index contributed by atoms with van der Waals surface area (Å²) in [6, 6.07) is 2.10. The first-order chi connectivity index (χ1) is 6.53. The maximum Gasteiger partial charge on any atom is 0.0266 e. The van der Waals surface area contributed by atoms with E-state index in [1.165, 1.54) is 25.9 Å². The third kappa shape index (κ3) is 1.82. The fourth-order valence-corrected chi connectivity index (χ4v) is 2.70. The Bertz CT molecular complexity index is 206. The molecule has 1 heterocycles. The summed E-state index contributed by atoms with van der Waals surface area (Å²) in [5, 5.41) is 3.74. The Morgan fingerprint density at radius 1 is 1.21 bits per heavy atom. The summed E-state index contributed by atoms with van der Waals surface area (Å²) in [6.45, 7) is 11.7. The lowest BCUT2D eigenvalue weighted by Crippen LogP contribution is -2.41. The van der Waals surface area contributed by atoms with Crippen molar-refractivity contribution in [2.24, 2.45) is 5.41 Å². The molecule has 1 N–H and O–H groups in total. The van der Waals surface area contributed by atoms with Crippen LogP contribution in [0.1, 0.15) is 40.5 Å². The summed E-state index contributed by atoms with van der Waals surface area (Å²) in [5.74, 6) is 0. The lowest BCUT2D eigenvalue weighted by molar-refractivity contribution is 0.260. The van der Waals surface area contributed by atoms with Crippen LogP contribution >= 0.6 is 0 Å². The molecule has 1 aliphatic heterocycles. The summed E-state index contributed by atoms with van der Waals surface area (Å²) in [7, 11) is 0. The van der Waals surface area contributed by atoms with Crippen molar-refractivity contribution in [2.45, 2.75) is 58.7 Å². The van der Waals surface area contributed by atoms with Gasteiger partial charge < -0.3 is 5.32 Å². The minimum absolute atomic E-state index is 0.629. The highest BCUT2D eigenvalue weighted by Gasteiger charge is 2.55. The number of hydrogen-bond acceptors (Lipinski definition) is 2. The van der Waals surface area contributed by atoms with Gasteiger partial charge >= 0.3 is 0 Å². The molecule has 1 aliphatic carbocycles. The van der Waals surface area contributed by atoms with Crippen LogP contribution < -0.4 is 5.32 Å². The first-order valence-electron chi connectivity index (χ1n) is 6.03. The smallest absolute Gasteiger partial charge is 0.0266 e. The molecule has 0 aromatic carbocycles. The SMILES string of the molecule is CC(C)N[C@H]1CN(C(C)C)CC12CC2. The Morgan fingerprint density at radius 3 is 2.29 bits per heavy atom. The Kier molecular flexibility index (Phi) is 2.61.